The molecule has 4 aromatic rings. The maximum Gasteiger partial charge on any atom is 0.339 e. The number of esters is 4. The van der Waals surface area contributed by atoms with Gasteiger partial charge in [-0.05, 0) is 235 Å². The Kier molecular flexibility index (Phi) is 25.0. The number of ether oxygens (including phenoxy) is 6. The molecule has 4 saturated carbocycles. The summed E-state index contributed by atoms with van der Waals surface area (Å²) >= 11 is 0. The average molecular weight is 1150 g/mol. The molecule has 0 unspecified atom stereocenters. The van der Waals surface area contributed by atoms with E-state index in [1.54, 1.807) is 0 Å². The number of unbranched alkanes of at least 4 members (excludes halogenated alkanes) is 6. The summed E-state index contributed by atoms with van der Waals surface area (Å²) < 4.78 is 35.8. The topological polar surface area (TPSA) is 124 Å². The summed E-state index contributed by atoms with van der Waals surface area (Å²) in [6.45, 7) is 13.4. The second-order valence-corrected chi connectivity index (χ2v) is 25.1. The van der Waals surface area contributed by atoms with Crippen LogP contribution in [0.25, 0.3) is 11.1 Å². The van der Waals surface area contributed by atoms with E-state index in [9.17, 15) is 19.2 Å². The van der Waals surface area contributed by atoms with E-state index in [4.69, 9.17) is 28.4 Å². The molecule has 0 bridgehead atoms. The van der Waals surface area contributed by atoms with Gasteiger partial charge in [0.25, 0.3) is 0 Å². The molecule has 0 atom stereocenters. The van der Waals surface area contributed by atoms with Gasteiger partial charge in [0, 0.05) is 12.2 Å². The Balaban J connectivity index is 0.927. The van der Waals surface area contributed by atoms with Crippen molar-refractivity contribution in [3.8, 4) is 22.6 Å². The van der Waals surface area contributed by atoms with Gasteiger partial charge in [-0.25, -0.2) is 19.2 Å². The van der Waals surface area contributed by atoms with Gasteiger partial charge in [0.05, 0.1) is 37.6 Å². The van der Waals surface area contributed by atoms with Crippen molar-refractivity contribution in [1.82, 2.24) is 0 Å². The minimum absolute atomic E-state index is 0.312. The molecule has 8 rings (SSSR count). The average Bonchev–Trinajstić information content (AvgIpc) is 3.41. The summed E-state index contributed by atoms with van der Waals surface area (Å²) in [5.41, 5.74) is 3.79. The van der Waals surface area contributed by atoms with Crippen LogP contribution in [-0.2, 0) is 39.7 Å². The van der Waals surface area contributed by atoms with E-state index in [0.717, 1.165) is 149 Å². The van der Waals surface area contributed by atoms with Crippen molar-refractivity contribution in [1.29, 1.82) is 0 Å². The van der Waals surface area contributed by atoms with E-state index in [1.165, 1.54) is 89.2 Å². The predicted molar refractivity (Wildman–Crippen MR) is 334 cm³/mol. The molecule has 0 aromatic heterocycles. The molecular formula is C74H98O10. The second kappa shape index (κ2) is 32.9. The lowest BCUT2D eigenvalue weighted by Gasteiger charge is -2.43. The lowest BCUT2D eigenvalue weighted by atomic mass is 9.66. The van der Waals surface area contributed by atoms with E-state index in [1.807, 2.05) is 48.5 Å². The van der Waals surface area contributed by atoms with Gasteiger partial charge in [0.2, 0.25) is 0 Å². The molecule has 84 heavy (non-hydrogen) atoms. The molecule has 0 N–H and O–H groups in total. The van der Waals surface area contributed by atoms with Crippen molar-refractivity contribution < 1.29 is 47.6 Å². The zero-order chi connectivity index (χ0) is 59.0. The van der Waals surface area contributed by atoms with Crippen LogP contribution in [0, 0.1) is 35.5 Å². The lowest BCUT2D eigenvalue weighted by Crippen LogP contribution is -2.38. The van der Waals surface area contributed by atoms with E-state index in [-0.39, 0.29) is 23.9 Å². The molecule has 0 saturated heterocycles. The summed E-state index contributed by atoms with van der Waals surface area (Å²) in [5.74, 6) is 4.56. The Morgan fingerprint density at radius 2 is 0.738 bits per heavy atom. The Morgan fingerprint density at radius 1 is 0.417 bits per heavy atom. The van der Waals surface area contributed by atoms with Crippen LogP contribution in [0.15, 0.2) is 122 Å². The SMILES string of the molecule is C=CC(=O)OCCCCCCOc1ccc(C(=O)OC2(c3ccc(-c4ccc(C5(OC(=O)c6ccc(OCCCCCCOC(=O)C=C)cc6)CCC(C6CCC(CCC)CC6)CC5)cc4)cc3)CCC(C3CCC(CCC)CC3)CC2)cc1. The van der Waals surface area contributed by atoms with E-state index < -0.39 is 11.2 Å². The Bertz CT molecular complexity index is 2460. The third-order valence-electron chi connectivity index (χ3n) is 19.5. The molecule has 4 aliphatic carbocycles. The minimum Gasteiger partial charge on any atom is -0.494 e. The highest BCUT2D eigenvalue weighted by Gasteiger charge is 2.45. The first kappa shape index (κ1) is 63.9. The van der Waals surface area contributed by atoms with Crippen LogP contribution in [0.5, 0.6) is 11.5 Å². The predicted octanol–water partition coefficient (Wildman–Crippen LogP) is 18.4. The van der Waals surface area contributed by atoms with Crippen molar-refractivity contribution in [2.75, 3.05) is 26.4 Å². The van der Waals surface area contributed by atoms with Crippen molar-refractivity contribution in [2.24, 2.45) is 35.5 Å². The summed E-state index contributed by atoms with van der Waals surface area (Å²) in [7, 11) is 0. The van der Waals surface area contributed by atoms with Gasteiger partial charge < -0.3 is 28.4 Å². The fraction of sp³-hybridized carbons (Fsp3) is 0.568. The first-order valence-electron chi connectivity index (χ1n) is 32.7. The van der Waals surface area contributed by atoms with Gasteiger partial charge in [0.15, 0.2) is 0 Å². The van der Waals surface area contributed by atoms with Gasteiger partial charge in [-0.1, -0.05) is 127 Å². The maximum atomic E-state index is 14.2. The largest absolute Gasteiger partial charge is 0.494 e. The quantitative estimate of drug-likeness (QED) is 0.0208. The van der Waals surface area contributed by atoms with E-state index in [2.05, 4.69) is 75.5 Å². The third-order valence-corrected chi connectivity index (χ3v) is 19.5. The number of hydrogen-bond acceptors (Lipinski definition) is 10. The van der Waals surface area contributed by atoms with Crippen LogP contribution < -0.4 is 9.47 Å². The van der Waals surface area contributed by atoms with Crippen LogP contribution >= 0.6 is 0 Å². The van der Waals surface area contributed by atoms with Gasteiger partial charge >= 0.3 is 23.9 Å². The van der Waals surface area contributed by atoms with Gasteiger partial charge in [-0.15, -0.1) is 0 Å². The van der Waals surface area contributed by atoms with Gasteiger partial charge in [-0.2, -0.15) is 0 Å². The molecule has 4 aliphatic rings. The number of benzene rings is 4. The first-order chi connectivity index (χ1) is 41.0. The molecule has 10 heteroatoms. The number of carbonyl (C=O) groups is 4. The summed E-state index contributed by atoms with van der Waals surface area (Å²) in [4.78, 5) is 51.1. The molecule has 0 aliphatic heterocycles. The normalized spacial score (nSPS) is 24.2. The van der Waals surface area contributed by atoms with Crippen molar-refractivity contribution in [2.45, 2.75) is 205 Å². The highest BCUT2D eigenvalue weighted by atomic mass is 16.6. The van der Waals surface area contributed by atoms with Crippen LogP contribution in [-0.4, -0.2) is 50.3 Å². The molecule has 454 valence electrons. The van der Waals surface area contributed by atoms with Crippen molar-refractivity contribution >= 4 is 23.9 Å². The smallest absolute Gasteiger partial charge is 0.339 e. The first-order valence-corrected chi connectivity index (χ1v) is 32.7. The molecule has 0 spiro atoms. The zero-order valence-corrected chi connectivity index (χ0v) is 51.0. The van der Waals surface area contributed by atoms with Crippen molar-refractivity contribution in [3.63, 3.8) is 0 Å². The second-order valence-electron chi connectivity index (χ2n) is 25.1. The molecular weight excluding hydrogens is 1050 g/mol. The highest BCUT2D eigenvalue weighted by molar-refractivity contribution is 5.90. The maximum absolute atomic E-state index is 14.2. The zero-order valence-electron chi connectivity index (χ0n) is 51.0. The third kappa shape index (κ3) is 18.4. The molecule has 10 nitrogen and oxygen atoms in total. The number of hydrogen-bond donors (Lipinski definition) is 0. The van der Waals surface area contributed by atoms with Crippen LogP contribution in [0.1, 0.15) is 225 Å². The molecule has 0 heterocycles. The van der Waals surface area contributed by atoms with E-state index >= 15 is 0 Å². The van der Waals surface area contributed by atoms with Crippen LogP contribution in [0.2, 0.25) is 0 Å². The standard InChI is InChI=1S/C74H98O10/c1-5-17-55-19-23-57(24-20-55)61-43-47-73(48-44-61,83-71(77)63-31-39-67(40-32-63)79-51-13-9-11-15-53-81-69(75)7-3)65-35-27-59(28-36-65)60-29-37-66(38-30-60)74(49-45-62(46-50-74)58-25-21-56(18-6-2)22-26-58)84-72(78)64-33-41-68(42-34-64)80-52-14-10-12-16-54-82-70(76)8-4/h7-8,27-42,55-58,61-62H,3-6,9-26,43-54H2,1-2H3. The number of carbonyl (C=O) groups excluding carboxylic acids is 4. The minimum atomic E-state index is -0.738. The molecule has 4 fully saturated rings. The van der Waals surface area contributed by atoms with Crippen molar-refractivity contribution in [3.05, 3.63) is 145 Å². The number of rotatable bonds is 31. The summed E-state index contributed by atoms with van der Waals surface area (Å²) in [6.07, 6.45) is 32.7. The molecule has 0 radical (unpaired) electrons. The Morgan fingerprint density at radius 3 is 1.06 bits per heavy atom. The Hall–Kier alpha value is -6.16. The fourth-order valence-electron chi connectivity index (χ4n) is 14.5. The monoisotopic (exact) mass is 1150 g/mol. The van der Waals surface area contributed by atoms with Gasteiger partial charge in [0.1, 0.15) is 22.7 Å². The van der Waals surface area contributed by atoms with Gasteiger partial charge in [-0.3, -0.25) is 0 Å². The summed E-state index contributed by atoms with van der Waals surface area (Å²) in [6, 6.07) is 32.2. The van der Waals surface area contributed by atoms with Crippen LogP contribution in [0.3, 0.4) is 0 Å². The Labute approximate surface area is 503 Å². The van der Waals surface area contributed by atoms with E-state index in [0.29, 0.717) is 60.9 Å². The highest BCUT2D eigenvalue weighted by Crippen LogP contribution is 2.51. The fourth-order valence-corrected chi connectivity index (χ4v) is 14.5. The van der Waals surface area contributed by atoms with Crippen LogP contribution in [0.4, 0.5) is 0 Å². The summed E-state index contributed by atoms with van der Waals surface area (Å²) in [5, 5.41) is 0. The molecule has 4 aromatic carbocycles. The molecule has 0 amide bonds. The lowest BCUT2D eigenvalue weighted by molar-refractivity contribution is -0.138.